The highest BCUT2D eigenvalue weighted by Crippen LogP contribution is 2.30. The van der Waals surface area contributed by atoms with Gasteiger partial charge in [0.05, 0.1) is 17.3 Å². The second-order valence-electron chi connectivity index (χ2n) is 5.43. The molecule has 1 aromatic heterocycles. The summed E-state index contributed by atoms with van der Waals surface area (Å²) in [6.07, 6.45) is 11.4. The van der Waals surface area contributed by atoms with Crippen molar-refractivity contribution in [3.8, 4) is 5.75 Å². The van der Waals surface area contributed by atoms with E-state index in [1.165, 1.54) is 11.3 Å². The van der Waals surface area contributed by atoms with Crippen LogP contribution in [0.2, 0.25) is 0 Å². The van der Waals surface area contributed by atoms with Gasteiger partial charge in [-0.15, -0.1) is 0 Å². The molecule has 0 spiro atoms. The molecule has 1 unspecified atom stereocenters. The molecule has 0 bridgehead atoms. The minimum absolute atomic E-state index is 0.0449. The molecule has 1 heterocycles. The fourth-order valence-electron chi connectivity index (χ4n) is 2.73. The summed E-state index contributed by atoms with van der Waals surface area (Å²) in [5, 5.41) is 0.695. The van der Waals surface area contributed by atoms with Crippen LogP contribution in [0.25, 0.3) is 10.2 Å². The summed E-state index contributed by atoms with van der Waals surface area (Å²) >= 11 is 1.50. The summed E-state index contributed by atoms with van der Waals surface area (Å²) in [4.78, 5) is 16.7. The van der Waals surface area contributed by atoms with Crippen LogP contribution in [0.15, 0.2) is 65.9 Å². The predicted octanol–water partition coefficient (Wildman–Crippen LogP) is 3.36. The number of hydrogen-bond donors (Lipinski definition) is 2. The SMILES string of the molecule is COc1ccc2nc(NNC3=C4C=CC=CC4C=CC3=O)sc2c1. The van der Waals surface area contributed by atoms with Crippen molar-refractivity contribution in [1.82, 2.24) is 10.4 Å². The van der Waals surface area contributed by atoms with Gasteiger partial charge in [0.25, 0.3) is 0 Å². The third-order valence-electron chi connectivity index (χ3n) is 3.94. The Balaban J connectivity index is 1.58. The van der Waals surface area contributed by atoms with Gasteiger partial charge in [-0.1, -0.05) is 41.7 Å². The molecule has 2 aliphatic rings. The number of allylic oxidation sites excluding steroid dienone is 7. The molecule has 0 fully saturated rings. The third-order valence-corrected chi connectivity index (χ3v) is 4.88. The zero-order chi connectivity index (χ0) is 16.5. The zero-order valence-electron chi connectivity index (χ0n) is 12.9. The number of ether oxygens (including phenoxy) is 1. The number of hydrogen-bond acceptors (Lipinski definition) is 6. The summed E-state index contributed by atoms with van der Waals surface area (Å²) in [7, 11) is 1.64. The van der Waals surface area contributed by atoms with Gasteiger partial charge in [-0.3, -0.25) is 15.6 Å². The van der Waals surface area contributed by atoms with Crippen LogP contribution in [-0.2, 0) is 4.79 Å². The summed E-state index contributed by atoms with van der Waals surface area (Å²) in [5.74, 6) is 0.887. The first-order valence-corrected chi connectivity index (χ1v) is 8.34. The molecule has 0 saturated carbocycles. The van der Waals surface area contributed by atoms with Crippen molar-refractivity contribution in [2.24, 2.45) is 5.92 Å². The maximum Gasteiger partial charge on any atom is 0.203 e. The van der Waals surface area contributed by atoms with Crippen LogP contribution < -0.4 is 15.6 Å². The van der Waals surface area contributed by atoms with Crippen molar-refractivity contribution in [1.29, 1.82) is 0 Å². The second kappa shape index (κ2) is 5.98. The number of ketones is 1. The predicted molar refractivity (Wildman–Crippen MR) is 95.9 cm³/mol. The first-order chi connectivity index (χ1) is 11.7. The van der Waals surface area contributed by atoms with Gasteiger partial charge in [-0.05, 0) is 29.8 Å². The summed E-state index contributed by atoms with van der Waals surface area (Å²) < 4.78 is 6.25. The number of nitrogens with zero attached hydrogens (tertiary/aromatic N) is 1. The van der Waals surface area contributed by atoms with E-state index in [0.29, 0.717) is 10.8 Å². The summed E-state index contributed by atoms with van der Waals surface area (Å²) in [6, 6.07) is 5.74. The molecular formula is C18H15N3O2S. The molecule has 24 heavy (non-hydrogen) atoms. The average Bonchev–Trinajstić information content (AvgIpc) is 3.02. The third kappa shape index (κ3) is 2.61. The topological polar surface area (TPSA) is 63.2 Å². The van der Waals surface area contributed by atoms with E-state index in [9.17, 15) is 4.79 Å². The Labute approximate surface area is 143 Å². The van der Waals surface area contributed by atoms with Crippen molar-refractivity contribution < 1.29 is 9.53 Å². The molecule has 6 heteroatoms. The Hall–Kier alpha value is -2.86. The number of benzene rings is 1. The van der Waals surface area contributed by atoms with E-state index < -0.39 is 0 Å². The van der Waals surface area contributed by atoms with Crippen LogP contribution in [-0.4, -0.2) is 17.9 Å². The van der Waals surface area contributed by atoms with Crippen LogP contribution in [0.1, 0.15) is 0 Å². The van der Waals surface area contributed by atoms with Gasteiger partial charge in [0, 0.05) is 5.92 Å². The Morgan fingerprint density at radius 3 is 2.96 bits per heavy atom. The van der Waals surface area contributed by atoms with E-state index in [0.717, 1.165) is 21.5 Å². The number of carbonyl (C=O) groups excluding carboxylic acids is 1. The number of hydrazine groups is 1. The van der Waals surface area contributed by atoms with Gasteiger partial charge in [-0.2, -0.15) is 0 Å². The highest BCUT2D eigenvalue weighted by molar-refractivity contribution is 7.22. The van der Waals surface area contributed by atoms with Crippen LogP contribution in [0.3, 0.4) is 0 Å². The van der Waals surface area contributed by atoms with Crippen molar-refractivity contribution in [3.05, 3.63) is 65.9 Å². The largest absolute Gasteiger partial charge is 0.497 e. The lowest BCUT2D eigenvalue weighted by Gasteiger charge is -2.22. The number of thiazole rings is 1. The zero-order valence-corrected chi connectivity index (χ0v) is 13.8. The molecule has 0 amide bonds. The van der Waals surface area contributed by atoms with Gasteiger partial charge in [0.2, 0.25) is 10.9 Å². The normalized spacial score (nSPS) is 18.9. The maximum atomic E-state index is 12.2. The van der Waals surface area contributed by atoms with Crippen LogP contribution in [0, 0.1) is 5.92 Å². The first kappa shape index (κ1) is 14.7. The van der Waals surface area contributed by atoms with Crippen molar-refractivity contribution in [2.45, 2.75) is 0 Å². The fraction of sp³-hybridized carbons (Fsp3) is 0.111. The van der Waals surface area contributed by atoms with E-state index >= 15 is 0 Å². The first-order valence-electron chi connectivity index (χ1n) is 7.53. The van der Waals surface area contributed by atoms with E-state index in [1.54, 1.807) is 13.2 Å². The number of methoxy groups -OCH3 is 1. The standard InChI is InChI=1S/C18H15N3O2S/c1-23-12-7-8-14-16(10-12)24-18(19-14)21-20-17-13-5-3-2-4-11(13)6-9-15(17)22/h2-11,20H,1H3,(H,19,21). The Bertz CT molecular complexity index is 937. The van der Waals surface area contributed by atoms with Crippen molar-refractivity contribution in [2.75, 3.05) is 12.5 Å². The molecule has 2 aliphatic carbocycles. The molecule has 0 saturated heterocycles. The minimum atomic E-state index is -0.0449. The number of aromatic nitrogens is 1. The van der Waals surface area contributed by atoms with Gasteiger partial charge < -0.3 is 4.74 Å². The molecular weight excluding hydrogens is 322 g/mol. The Morgan fingerprint density at radius 1 is 1.17 bits per heavy atom. The van der Waals surface area contributed by atoms with Crippen LogP contribution in [0.5, 0.6) is 5.75 Å². The fourth-order valence-corrected chi connectivity index (χ4v) is 3.58. The summed E-state index contributed by atoms with van der Waals surface area (Å²) in [6.45, 7) is 0. The smallest absolute Gasteiger partial charge is 0.203 e. The van der Waals surface area contributed by atoms with Gasteiger partial charge in [0.15, 0.2) is 0 Å². The van der Waals surface area contributed by atoms with E-state index in [-0.39, 0.29) is 11.7 Å². The minimum Gasteiger partial charge on any atom is -0.497 e. The lowest BCUT2D eigenvalue weighted by Crippen LogP contribution is -2.30. The molecule has 0 aliphatic heterocycles. The van der Waals surface area contributed by atoms with E-state index in [1.807, 2.05) is 42.5 Å². The highest BCUT2D eigenvalue weighted by Gasteiger charge is 2.22. The molecule has 1 atom stereocenters. The molecule has 2 N–H and O–H groups in total. The van der Waals surface area contributed by atoms with Gasteiger partial charge >= 0.3 is 0 Å². The van der Waals surface area contributed by atoms with Crippen LogP contribution in [0.4, 0.5) is 5.13 Å². The number of nitrogens with one attached hydrogen (secondary N) is 2. The number of anilines is 1. The molecule has 1 aromatic carbocycles. The number of carbonyl (C=O) groups is 1. The van der Waals surface area contributed by atoms with Crippen molar-refractivity contribution >= 4 is 32.5 Å². The second-order valence-corrected chi connectivity index (χ2v) is 6.46. The summed E-state index contributed by atoms with van der Waals surface area (Å²) in [5.41, 5.74) is 8.49. The molecule has 2 aromatic rings. The lowest BCUT2D eigenvalue weighted by atomic mass is 9.87. The molecule has 5 nitrogen and oxygen atoms in total. The molecule has 4 rings (SSSR count). The maximum absolute atomic E-state index is 12.2. The van der Waals surface area contributed by atoms with Gasteiger partial charge in [-0.25, -0.2) is 4.98 Å². The van der Waals surface area contributed by atoms with Crippen LogP contribution >= 0.6 is 11.3 Å². The molecule has 120 valence electrons. The Kier molecular flexibility index (Phi) is 3.66. The quantitative estimate of drug-likeness (QED) is 0.838. The Morgan fingerprint density at radius 2 is 2.08 bits per heavy atom. The van der Waals surface area contributed by atoms with E-state index in [2.05, 4.69) is 21.9 Å². The average molecular weight is 337 g/mol. The lowest BCUT2D eigenvalue weighted by molar-refractivity contribution is -0.111. The van der Waals surface area contributed by atoms with E-state index in [4.69, 9.17) is 4.74 Å². The molecule has 0 radical (unpaired) electrons. The van der Waals surface area contributed by atoms with Crippen molar-refractivity contribution in [3.63, 3.8) is 0 Å². The number of fused-ring (bicyclic) bond motifs is 2. The number of rotatable bonds is 4. The highest BCUT2D eigenvalue weighted by atomic mass is 32.1. The monoisotopic (exact) mass is 337 g/mol. The van der Waals surface area contributed by atoms with Gasteiger partial charge in [0.1, 0.15) is 11.4 Å².